The molecule has 0 spiro atoms. The van der Waals surface area contributed by atoms with Crippen molar-refractivity contribution in [3.8, 4) is 0 Å². The third kappa shape index (κ3) is 3.18. The van der Waals surface area contributed by atoms with E-state index in [1.54, 1.807) is 18.2 Å². The first-order valence-electron chi connectivity index (χ1n) is 8.16. The van der Waals surface area contributed by atoms with Crippen LogP contribution in [0.25, 0.3) is 21.7 Å². The number of fused-ring (bicyclic) bond motifs is 3. The molecular formula is C20H11ClF3NO3. The van der Waals surface area contributed by atoms with Crippen LogP contribution in [0.4, 0.5) is 13.2 Å². The molecular weight excluding hydrogens is 395 g/mol. The Morgan fingerprint density at radius 1 is 1.04 bits per heavy atom. The molecule has 4 rings (SSSR count). The number of benzene rings is 2. The fourth-order valence-corrected chi connectivity index (χ4v) is 3.43. The van der Waals surface area contributed by atoms with Crippen molar-refractivity contribution >= 4 is 33.3 Å². The van der Waals surface area contributed by atoms with Gasteiger partial charge in [-0.2, -0.15) is 13.2 Å². The minimum atomic E-state index is -4.66. The van der Waals surface area contributed by atoms with Crippen molar-refractivity contribution in [1.29, 1.82) is 0 Å². The molecule has 2 aromatic heterocycles. The summed E-state index contributed by atoms with van der Waals surface area (Å²) in [5.41, 5.74) is -1.85. The molecule has 4 nitrogen and oxygen atoms in total. The predicted octanol–water partition coefficient (Wildman–Crippen LogP) is 4.83. The fourth-order valence-electron chi connectivity index (χ4n) is 3.20. The molecule has 0 atom stereocenters. The molecule has 0 saturated carbocycles. The average molecular weight is 406 g/mol. The minimum absolute atomic E-state index is 0.265. The van der Waals surface area contributed by atoms with Crippen molar-refractivity contribution in [1.82, 2.24) is 4.57 Å². The summed E-state index contributed by atoms with van der Waals surface area (Å²) in [6.07, 6.45) is -3.97. The van der Waals surface area contributed by atoms with Gasteiger partial charge >= 0.3 is 11.8 Å². The monoisotopic (exact) mass is 405 g/mol. The standard InChI is InChI=1S/C20H11ClF3NO3/c21-15-8-13(20(22,23)24)10-25(19(15)27)9-12-7-17(26)28-16-6-5-11-3-1-2-4-14(11)18(12)16/h1-8,10H,9H2. The second kappa shape index (κ2) is 6.53. The number of aromatic nitrogens is 1. The molecule has 0 aliphatic heterocycles. The second-order valence-electron chi connectivity index (χ2n) is 6.26. The number of hydrogen-bond donors (Lipinski definition) is 0. The summed E-state index contributed by atoms with van der Waals surface area (Å²) in [4.78, 5) is 24.2. The molecule has 0 amide bonds. The molecule has 0 fully saturated rings. The topological polar surface area (TPSA) is 52.2 Å². The smallest absolute Gasteiger partial charge is 0.417 e. The maximum absolute atomic E-state index is 13.1. The molecule has 28 heavy (non-hydrogen) atoms. The molecule has 0 radical (unpaired) electrons. The van der Waals surface area contributed by atoms with E-state index in [1.165, 1.54) is 6.07 Å². The van der Waals surface area contributed by atoms with Crippen LogP contribution in [0.3, 0.4) is 0 Å². The van der Waals surface area contributed by atoms with E-state index >= 15 is 0 Å². The van der Waals surface area contributed by atoms with Crippen LogP contribution in [0, 0.1) is 0 Å². The van der Waals surface area contributed by atoms with Crippen molar-refractivity contribution in [2.45, 2.75) is 12.7 Å². The van der Waals surface area contributed by atoms with Gasteiger partial charge in [0.25, 0.3) is 5.56 Å². The highest BCUT2D eigenvalue weighted by Crippen LogP contribution is 2.31. The van der Waals surface area contributed by atoms with Gasteiger partial charge < -0.3 is 8.98 Å². The van der Waals surface area contributed by atoms with Gasteiger partial charge in [-0.25, -0.2) is 4.79 Å². The Kier molecular flexibility index (Phi) is 4.27. The maximum atomic E-state index is 13.1. The van der Waals surface area contributed by atoms with E-state index in [4.69, 9.17) is 16.0 Å². The first kappa shape index (κ1) is 18.3. The lowest BCUT2D eigenvalue weighted by Gasteiger charge is -2.13. The lowest BCUT2D eigenvalue weighted by molar-refractivity contribution is -0.138. The Hall–Kier alpha value is -3.06. The van der Waals surface area contributed by atoms with Gasteiger partial charge in [0.15, 0.2) is 0 Å². The Balaban J connectivity index is 1.99. The normalized spacial score (nSPS) is 12.0. The van der Waals surface area contributed by atoms with Gasteiger partial charge in [0, 0.05) is 17.6 Å². The summed E-state index contributed by atoms with van der Waals surface area (Å²) in [5, 5.41) is 1.62. The van der Waals surface area contributed by atoms with Crippen LogP contribution in [0.2, 0.25) is 5.02 Å². The van der Waals surface area contributed by atoms with E-state index in [2.05, 4.69) is 0 Å². The van der Waals surface area contributed by atoms with E-state index < -0.39 is 27.9 Å². The first-order chi connectivity index (χ1) is 13.2. The van der Waals surface area contributed by atoms with Crippen LogP contribution < -0.4 is 11.2 Å². The van der Waals surface area contributed by atoms with Crippen LogP contribution in [-0.2, 0) is 12.7 Å². The summed E-state index contributed by atoms with van der Waals surface area (Å²) >= 11 is 5.72. The van der Waals surface area contributed by atoms with E-state index in [-0.39, 0.29) is 12.1 Å². The molecule has 0 N–H and O–H groups in total. The van der Waals surface area contributed by atoms with Gasteiger partial charge in [-0.05, 0) is 28.5 Å². The highest BCUT2D eigenvalue weighted by Gasteiger charge is 2.32. The largest absolute Gasteiger partial charge is 0.423 e. The van der Waals surface area contributed by atoms with Gasteiger partial charge in [-0.15, -0.1) is 0 Å². The number of halogens is 4. The number of pyridine rings is 1. The summed E-state index contributed by atoms with van der Waals surface area (Å²) in [5.74, 6) is 0. The third-order valence-electron chi connectivity index (χ3n) is 4.42. The lowest BCUT2D eigenvalue weighted by atomic mass is 10.0. The Morgan fingerprint density at radius 3 is 2.54 bits per heavy atom. The molecule has 2 heterocycles. The van der Waals surface area contributed by atoms with Gasteiger partial charge in [-0.1, -0.05) is 41.9 Å². The Labute approximate surface area is 160 Å². The van der Waals surface area contributed by atoms with E-state index in [0.29, 0.717) is 23.2 Å². The van der Waals surface area contributed by atoms with Crippen LogP contribution >= 0.6 is 11.6 Å². The molecule has 0 saturated heterocycles. The summed E-state index contributed by atoms with van der Waals surface area (Å²) in [7, 11) is 0. The molecule has 0 bridgehead atoms. The number of rotatable bonds is 2. The van der Waals surface area contributed by atoms with Crippen LogP contribution in [0.15, 0.2) is 68.7 Å². The molecule has 8 heteroatoms. The highest BCUT2D eigenvalue weighted by molar-refractivity contribution is 6.30. The third-order valence-corrected chi connectivity index (χ3v) is 4.70. The quantitative estimate of drug-likeness (QED) is 0.354. The maximum Gasteiger partial charge on any atom is 0.417 e. The summed E-state index contributed by atoms with van der Waals surface area (Å²) < 4.78 is 45.4. The first-order valence-corrected chi connectivity index (χ1v) is 8.53. The molecule has 2 aromatic carbocycles. The van der Waals surface area contributed by atoms with Gasteiger partial charge in [0.1, 0.15) is 10.6 Å². The van der Waals surface area contributed by atoms with Crippen molar-refractivity contribution in [2.24, 2.45) is 0 Å². The zero-order valence-electron chi connectivity index (χ0n) is 14.1. The summed E-state index contributed by atoms with van der Waals surface area (Å²) in [6.45, 7) is -0.265. The van der Waals surface area contributed by atoms with Gasteiger partial charge in [0.05, 0.1) is 12.1 Å². The van der Waals surface area contributed by atoms with E-state index in [1.807, 2.05) is 18.2 Å². The zero-order valence-corrected chi connectivity index (χ0v) is 14.8. The number of hydrogen-bond acceptors (Lipinski definition) is 3. The van der Waals surface area contributed by atoms with Crippen molar-refractivity contribution < 1.29 is 17.6 Å². The van der Waals surface area contributed by atoms with Gasteiger partial charge in [-0.3, -0.25) is 4.79 Å². The fraction of sp³-hybridized carbons (Fsp3) is 0.100. The molecule has 0 aliphatic rings. The van der Waals surface area contributed by atoms with E-state index in [0.717, 1.165) is 15.3 Å². The van der Waals surface area contributed by atoms with E-state index in [9.17, 15) is 22.8 Å². The molecule has 142 valence electrons. The predicted molar refractivity (Wildman–Crippen MR) is 99.8 cm³/mol. The Morgan fingerprint density at radius 2 is 1.79 bits per heavy atom. The highest BCUT2D eigenvalue weighted by atomic mass is 35.5. The molecule has 0 unspecified atom stereocenters. The second-order valence-corrected chi connectivity index (χ2v) is 6.67. The van der Waals surface area contributed by atoms with Crippen LogP contribution in [0.1, 0.15) is 11.1 Å². The van der Waals surface area contributed by atoms with Crippen LogP contribution in [-0.4, -0.2) is 4.57 Å². The van der Waals surface area contributed by atoms with Crippen molar-refractivity contribution in [2.75, 3.05) is 0 Å². The average Bonchev–Trinajstić information content (AvgIpc) is 2.63. The van der Waals surface area contributed by atoms with Crippen molar-refractivity contribution in [3.63, 3.8) is 0 Å². The molecule has 0 aliphatic carbocycles. The lowest BCUT2D eigenvalue weighted by Crippen LogP contribution is -2.24. The Bertz CT molecular complexity index is 1340. The zero-order chi connectivity index (χ0) is 20.1. The number of alkyl halides is 3. The summed E-state index contributed by atoms with van der Waals surface area (Å²) in [6, 6.07) is 12.5. The minimum Gasteiger partial charge on any atom is -0.423 e. The SMILES string of the molecule is O=c1cc(Cn2cc(C(F)(F)F)cc(Cl)c2=O)c2c(ccc3ccccc32)o1. The van der Waals surface area contributed by atoms with Gasteiger partial charge in [0.2, 0.25) is 0 Å². The van der Waals surface area contributed by atoms with Crippen LogP contribution in [0.5, 0.6) is 0 Å². The molecule has 4 aromatic rings. The number of nitrogens with zero attached hydrogens (tertiary/aromatic N) is 1. The van der Waals surface area contributed by atoms with Crippen molar-refractivity contribution in [3.05, 3.63) is 91.7 Å².